The lowest BCUT2D eigenvalue weighted by Crippen LogP contribution is -2.27. The Balaban J connectivity index is 1.79. The number of hydrogen-bond donors (Lipinski definition) is 0. The van der Waals surface area contributed by atoms with E-state index in [2.05, 4.69) is 12.1 Å². The highest BCUT2D eigenvalue weighted by atomic mass is 16.5. The van der Waals surface area contributed by atoms with Crippen molar-refractivity contribution in [2.24, 2.45) is 0 Å². The number of ether oxygens (including phenoxy) is 1. The van der Waals surface area contributed by atoms with Crippen molar-refractivity contribution in [3.05, 3.63) is 42.0 Å². The summed E-state index contributed by atoms with van der Waals surface area (Å²) in [6.45, 7) is 1.58. The van der Waals surface area contributed by atoms with Gasteiger partial charge in [-0.15, -0.1) is 0 Å². The molecule has 1 aliphatic rings. The largest absolute Gasteiger partial charge is 0.385 e. The van der Waals surface area contributed by atoms with E-state index in [-0.39, 0.29) is 5.91 Å². The Labute approximate surface area is 119 Å². The van der Waals surface area contributed by atoms with E-state index in [1.165, 1.54) is 0 Å². The number of unbranched alkanes of at least 4 members (excludes halogenated alkanes) is 2. The molecule has 2 aromatic carbocycles. The second kappa shape index (κ2) is 5.63. The third-order valence-corrected chi connectivity index (χ3v) is 3.88. The molecule has 104 valence electrons. The molecule has 1 amide bonds. The third-order valence-electron chi connectivity index (χ3n) is 3.88. The SMILES string of the molecule is COCCCCCN1C(=O)c2cccc3cccc1c23. The summed E-state index contributed by atoms with van der Waals surface area (Å²) in [5.74, 6) is 0.142. The van der Waals surface area contributed by atoms with Crippen molar-refractivity contribution in [2.75, 3.05) is 25.2 Å². The van der Waals surface area contributed by atoms with E-state index in [0.717, 1.165) is 54.4 Å². The minimum atomic E-state index is 0.142. The van der Waals surface area contributed by atoms with Gasteiger partial charge in [-0.2, -0.15) is 0 Å². The summed E-state index contributed by atoms with van der Waals surface area (Å²) in [6, 6.07) is 12.1. The summed E-state index contributed by atoms with van der Waals surface area (Å²) >= 11 is 0. The van der Waals surface area contributed by atoms with E-state index in [4.69, 9.17) is 4.74 Å². The van der Waals surface area contributed by atoms with Gasteiger partial charge in [0.1, 0.15) is 0 Å². The molecule has 0 radical (unpaired) electrons. The maximum Gasteiger partial charge on any atom is 0.258 e. The molecule has 20 heavy (non-hydrogen) atoms. The predicted molar refractivity (Wildman–Crippen MR) is 81.4 cm³/mol. The van der Waals surface area contributed by atoms with Crippen molar-refractivity contribution in [3.8, 4) is 0 Å². The monoisotopic (exact) mass is 269 g/mol. The van der Waals surface area contributed by atoms with Crippen molar-refractivity contribution >= 4 is 22.4 Å². The van der Waals surface area contributed by atoms with Gasteiger partial charge in [0.05, 0.1) is 5.69 Å². The van der Waals surface area contributed by atoms with Crippen LogP contribution < -0.4 is 4.90 Å². The van der Waals surface area contributed by atoms with Gasteiger partial charge in [0, 0.05) is 31.2 Å². The highest BCUT2D eigenvalue weighted by Crippen LogP contribution is 2.37. The van der Waals surface area contributed by atoms with Crippen molar-refractivity contribution in [2.45, 2.75) is 19.3 Å². The average Bonchev–Trinajstić information content (AvgIpc) is 2.75. The summed E-state index contributed by atoms with van der Waals surface area (Å²) in [5, 5.41) is 2.26. The van der Waals surface area contributed by atoms with E-state index < -0.39 is 0 Å². The number of anilines is 1. The first-order valence-corrected chi connectivity index (χ1v) is 7.15. The summed E-state index contributed by atoms with van der Waals surface area (Å²) in [7, 11) is 1.72. The molecular formula is C17H19NO2. The van der Waals surface area contributed by atoms with E-state index in [1.54, 1.807) is 7.11 Å². The Hall–Kier alpha value is -1.87. The van der Waals surface area contributed by atoms with Gasteiger partial charge in [0.25, 0.3) is 5.91 Å². The standard InChI is InChI=1S/C17H19NO2/c1-20-12-4-2-3-11-18-15-10-6-8-13-7-5-9-14(16(13)15)17(18)19/h5-10H,2-4,11-12H2,1H3. The summed E-state index contributed by atoms with van der Waals surface area (Å²) in [5.41, 5.74) is 1.91. The van der Waals surface area contributed by atoms with Crippen LogP contribution in [0.1, 0.15) is 29.6 Å². The van der Waals surface area contributed by atoms with Crippen LogP contribution >= 0.6 is 0 Å². The predicted octanol–water partition coefficient (Wildman–Crippen LogP) is 3.62. The van der Waals surface area contributed by atoms with Crippen molar-refractivity contribution in [3.63, 3.8) is 0 Å². The zero-order valence-corrected chi connectivity index (χ0v) is 11.8. The molecule has 0 fully saturated rings. The van der Waals surface area contributed by atoms with E-state index in [0.29, 0.717) is 0 Å². The molecular weight excluding hydrogens is 250 g/mol. The highest BCUT2D eigenvalue weighted by Gasteiger charge is 2.28. The Morgan fingerprint density at radius 1 is 1.05 bits per heavy atom. The van der Waals surface area contributed by atoms with E-state index in [1.807, 2.05) is 29.2 Å². The molecule has 1 aliphatic heterocycles. The smallest absolute Gasteiger partial charge is 0.258 e. The Bertz CT molecular complexity index is 631. The van der Waals surface area contributed by atoms with Gasteiger partial charge in [0.15, 0.2) is 0 Å². The second-order valence-electron chi connectivity index (χ2n) is 5.19. The molecule has 0 atom stereocenters. The molecule has 0 spiro atoms. The summed E-state index contributed by atoms with van der Waals surface area (Å²) in [4.78, 5) is 14.4. The van der Waals surface area contributed by atoms with Crippen LogP contribution in [0, 0.1) is 0 Å². The first kappa shape index (κ1) is 13.1. The molecule has 0 bridgehead atoms. The fourth-order valence-electron chi connectivity index (χ4n) is 2.89. The van der Waals surface area contributed by atoms with Crippen molar-refractivity contribution in [1.82, 2.24) is 0 Å². The van der Waals surface area contributed by atoms with Gasteiger partial charge in [0.2, 0.25) is 0 Å². The van der Waals surface area contributed by atoms with E-state index >= 15 is 0 Å². The fourth-order valence-corrected chi connectivity index (χ4v) is 2.89. The van der Waals surface area contributed by atoms with Gasteiger partial charge in [-0.3, -0.25) is 4.79 Å². The molecule has 0 saturated carbocycles. The lowest BCUT2D eigenvalue weighted by molar-refractivity contribution is 0.0992. The number of rotatable bonds is 6. The molecule has 1 heterocycles. The Morgan fingerprint density at radius 2 is 1.85 bits per heavy atom. The molecule has 3 nitrogen and oxygen atoms in total. The lowest BCUT2D eigenvalue weighted by Gasteiger charge is -2.17. The minimum Gasteiger partial charge on any atom is -0.385 e. The zero-order valence-electron chi connectivity index (χ0n) is 11.8. The normalized spacial score (nSPS) is 13.4. The molecule has 3 rings (SSSR count). The molecule has 0 saturated heterocycles. The van der Waals surface area contributed by atoms with Gasteiger partial charge < -0.3 is 9.64 Å². The number of carbonyl (C=O) groups is 1. The van der Waals surface area contributed by atoms with Crippen LogP contribution in [-0.2, 0) is 4.74 Å². The number of hydrogen-bond acceptors (Lipinski definition) is 2. The van der Waals surface area contributed by atoms with Crippen molar-refractivity contribution < 1.29 is 9.53 Å². The van der Waals surface area contributed by atoms with Crippen LogP contribution in [0.5, 0.6) is 0 Å². The van der Waals surface area contributed by atoms with Crippen molar-refractivity contribution in [1.29, 1.82) is 0 Å². The maximum atomic E-state index is 12.5. The van der Waals surface area contributed by atoms with Gasteiger partial charge >= 0.3 is 0 Å². The molecule has 3 heteroatoms. The second-order valence-corrected chi connectivity index (χ2v) is 5.19. The van der Waals surface area contributed by atoms with Crippen LogP contribution in [0.4, 0.5) is 5.69 Å². The number of benzene rings is 2. The van der Waals surface area contributed by atoms with Crippen LogP contribution in [0.3, 0.4) is 0 Å². The number of methoxy groups -OCH3 is 1. The first-order valence-electron chi connectivity index (χ1n) is 7.15. The minimum absolute atomic E-state index is 0.142. The number of carbonyl (C=O) groups excluding carboxylic acids is 1. The fraction of sp³-hybridized carbons (Fsp3) is 0.353. The van der Waals surface area contributed by atoms with Crippen LogP contribution in [0.15, 0.2) is 36.4 Å². The molecule has 0 aromatic heterocycles. The Morgan fingerprint density at radius 3 is 2.65 bits per heavy atom. The zero-order chi connectivity index (χ0) is 13.9. The van der Waals surface area contributed by atoms with Crippen LogP contribution in [-0.4, -0.2) is 26.2 Å². The Kier molecular flexibility index (Phi) is 3.70. The highest BCUT2D eigenvalue weighted by molar-refractivity contribution is 6.24. The molecule has 0 unspecified atom stereocenters. The molecule has 0 aliphatic carbocycles. The van der Waals surface area contributed by atoms with Gasteiger partial charge in [-0.25, -0.2) is 0 Å². The lowest BCUT2D eigenvalue weighted by atomic mass is 10.1. The summed E-state index contributed by atoms with van der Waals surface area (Å²) in [6.07, 6.45) is 3.15. The molecule has 2 aromatic rings. The first-order chi connectivity index (χ1) is 9.83. The van der Waals surface area contributed by atoms with E-state index in [9.17, 15) is 4.79 Å². The third kappa shape index (κ3) is 2.18. The maximum absolute atomic E-state index is 12.5. The van der Waals surface area contributed by atoms with Crippen LogP contribution in [0.25, 0.3) is 10.8 Å². The van der Waals surface area contributed by atoms with Crippen LogP contribution in [0.2, 0.25) is 0 Å². The quantitative estimate of drug-likeness (QED) is 0.750. The summed E-state index contributed by atoms with van der Waals surface area (Å²) < 4.78 is 5.05. The average molecular weight is 269 g/mol. The topological polar surface area (TPSA) is 29.5 Å². The van der Waals surface area contributed by atoms with Gasteiger partial charge in [-0.1, -0.05) is 24.3 Å². The van der Waals surface area contributed by atoms with Gasteiger partial charge in [-0.05, 0) is 36.8 Å². The number of nitrogens with zero attached hydrogens (tertiary/aromatic N) is 1. The molecule has 0 N–H and O–H groups in total. The number of amides is 1.